The number of benzene rings is 2. The molecule has 29 heavy (non-hydrogen) atoms. The van der Waals surface area contributed by atoms with Crippen molar-refractivity contribution in [1.29, 1.82) is 0 Å². The van der Waals surface area contributed by atoms with E-state index in [0.717, 1.165) is 16.9 Å². The summed E-state index contributed by atoms with van der Waals surface area (Å²) < 4.78 is 11.9. The normalized spacial score (nSPS) is 15.2. The molecule has 1 aliphatic heterocycles. The van der Waals surface area contributed by atoms with E-state index in [1.807, 2.05) is 24.3 Å². The van der Waals surface area contributed by atoms with Gasteiger partial charge in [-0.15, -0.1) is 0 Å². The fraction of sp³-hybridized carbons (Fsp3) is 0.190. The van der Waals surface area contributed by atoms with Gasteiger partial charge in [-0.25, -0.2) is 4.68 Å². The number of amides is 2. The van der Waals surface area contributed by atoms with Crippen LogP contribution in [0.5, 0.6) is 11.5 Å². The standard InChI is InChI=1S/C21H20N4O4/c1-28-15-8-6-13(7-9-15)17-12-22-25-18(11-19(26)24-20(17)25)21(27)23-14-4-3-5-16(10-14)29-2/h3-10,12,18H,11H2,1-2H3,(H,23,27)(H,24,26)/t18-/m1/s1. The second-order valence-corrected chi connectivity index (χ2v) is 6.57. The van der Waals surface area contributed by atoms with Crippen LogP contribution in [0.2, 0.25) is 0 Å². The number of methoxy groups -OCH3 is 2. The third-order valence-corrected chi connectivity index (χ3v) is 4.77. The average molecular weight is 392 g/mol. The number of ether oxygens (including phenoxy) is 2. The number of nitrogens with one attached hydrogen (secondary N) is 2. The molecule has 1 aliphatic rings. The fourth-order valence-electron chi connectivity index (χ4n) is 3.28. The Morgan fingerprint density at radius 1 is 1.14 bits per heavy atom. The lowest BCUT2D eigenvalue weighted by Crippen LogP contribution is -2.35. The van der Waals surface area contributed by atoms with Gasteiger partial charge in [0.15, 0.2) is 0 Å². The van der Waals surface area contributed by atoms with Crippen LogP contribution in [0.15, 0.2) is 54.7 Å². The highest BCUT2D eigenvalue weighted by Gasteiger charge is 2.33. The molecule has 0 radical (unpaired) electrons. The quantitative estimate of drug-likeness (QED) is 0.696. The SMILES string of the molecule is COc1ccc(-c2cnn3c2NC(=O)C[C@@H]3C(=O)Nc2cccc(OC)c2)cc1. The van der Waals surface area contributed by atoms with Gasteiger partial charge in [-0.1, -0.05) is 18.2 Å². The van der Waals surface area contributed by atoms with Crippen molar-refractivity contribution in [3.8, 4) is 22.6 Å². The number of nitrogens with zero attached hydrogens (tertiary/aromatic N) is 2. The second kappa shape index (κ2) is 7.67. The molecule has 0 spiro atoms. The predicted octanol–water partition coefficient (Wildman–Crippen LogP) is 3.09. The van der Waals surface area contributed by atoms with Crippen molar-refractivity contribution in [2.24, 2.45) is 0 Å². The van der Waals surface area contributed by atoms with Gasteiger partial charge in [0.05, 0.1) is 26.8 Å². The van der Waals surface area contributed by atoms with Gasteiger partial charge < -0.3 is 20.1 Å². The zero-order chi connectivity index (χ0) is 20.4. The largest absolute Gasteiger partial charge is 0.497 e. The number of rotatable bonds is 5. The minimum absolute atomic E-state index is 0.00648. The molecular weight excluding hydrogens is 372 g/mol. The van der Waals surface area contributed by atoms with E-state index in [1.165, 1.54) is 0 Å². The van der Waals surface area contributed by atoms with E-state index in [9.17, 15) is 9.59 Å². The molecule has 4 rings (SSSR count). The first-order valence-corrected chi connectivity index (χ1v) is 9.05. The maximum absolute atomic E-state index is 12.9. The molecule has 3 aromatic rings. The van der Waals surface area contributed by atoms with Crippen LogP contribution in [0.3, 0.4) is 0 Å². The van der Waals surface area contributed by atoms with Crippen molar-refractivity contribution in [1.82, 2.24) is 9.78 Å². The van der Waals surface area contributed by atoms with E-state index in [-0.39, 0.29) is 18.2 Å². The number of carbonyl (C=O) groups is 2. The Bertz CT molecular complexity index is 1060. The Kier molecular flexibility index (Phi) is 4.90. The molecule has 8 nitrogen and oxygen atoms in total. The number of fused-ring (bicyclic) bond motifs is 1. The van der Waals surface area contributed by atoms with Gasteiger partial charge in [0, 0.05) is 17.3 Å². The molecule has 1 atom stereocenters. The molecule has 0 unspecified atom stereocenters. The number of anilines is 2. The summed E-state index contributed by atoms with van der Waals surface area (Å²) in [7, 11) is 3.16. The Balaban J connectivity index is 1.63. The van der Waals surface area contributed by atoms with Crippen molar-refractivity contribution in [3.63, 3.8) is 0 Å². The summed E-state index contributed by atoms with van der Waals surface area (Å²) in [6, 6.07) is 13.7. The molecule has 0 saturated heterocycles. The molecule has 0 aliphatic carbocycles. The van der Waals surface area contributed by atoms with Crippen LogP contribution < -0.4 is 20.1 Å². The molecule has 8 heteroatoms. The molecule has 0 saturated carbocycles. The molecule has 0 fully saturated rings. The summed E-state index contributed by atoms with van der Waals surface area (Å²) in [6.07, 6.45) is 1.65. The monoisotopic (exact) mass is 392 g/mol. The second-order valence-electron chi connectivity index (χ2n) is 6.57. The summed E-state index contributed by atoms with van der Waals surface area (Å²) in [5, 5.41) is 10.0. The average Bonchev–Trinajstić information content (AvgIpc) is 3.17. The van der Waals surface area contributed by atoms with Gasteiger partial charge in [0.25, 0.3) is 0 Å². The van der Waals surface area contributed by atoms with Crippen molar-refractivity contribution in [3.05, 3.63) is 54.7 Å². The zero-order valence-corrected chi connectivity index (χ0v) is 16.0. The van der Waals surface area contributed by atoms with Gasteiger partial charge in [-0.2, -0.15) is 5.10 Å². The lowest BCUT2D eigenvalue weighted by atomic mass is 10.1. The topological polar surface area (TPSA) is 94.5 Å². The number of hydrogen-bond donors (Lipinski definition) is 2. The van der Waals surface area contributed by atoms with Crippen LogP contribution in [0.25, 0.3) is 11.1 Å². The molecule has 2 heterocycles. The number of aromatic nitrogens is 2. The maximum atomic E-state index is 12.9. The van der Waals surface area contributed by atoms with Crippen LogP contribution in [0.4, 0.5) is 11.5 Å². The lowest BCUT2D eigenvalue weighted by molar-refractivity contribution is -0.125. The summed E-state index contributed by atoms with van der Waals surface area (Å²) >= 11 is 0. The first-order chi connectivity index (χ1) is 14.1. The van der Waals surface area contributed by atoms with Gasteiger partial charge in [0.1, 0.15) is 23.4 Å². The van der Waals surface area contributed by atoms with Crippen molar-refractivity contribution in [2.45, 2.75) is 12.5 Å². The Hall–Kier alpha value is -3.81. The third kappa shape index (κ3) is 3.64. The van der Waals surface area contributed by atoms with Gasteiger partial charge in [0.2, 0.25) is 11.8 Å². The summed E-state index contributed by atoms with van der Waals surface area (Å²) in [5.41, 5.74) is 2.19. The van der Waals surface area contributed by atoms with E-state index >= 15 is 0 Å². The molecule has 148 valence electrons. The van der Waals surface area contributed by atoms with Crippen molar-refractivity contribution < 1.29 is 19.1 Å². The van der Waals surface area contributed by atoms with E-state index < -0.39 is 6.04 Å². The van der Waals surface area contributed by atoms with E-state index in [1.54, 1.807) is 49.4 Å². The Labute approximate surface area is 167 Å². The maximum Gasteiger partial charge on any atom is 0.249 e. The molecule has 0 bridgehead atoms. The molecule has 2 amide bonds. The van der Waals surface area contributed by atoms with Crippen LogP contribution in [0, 0.1) is 0 Å². The number of carbonyl (C=O) groups excluding carboxylic acids is 2. The van der Waals surface area contributed by atoms with Gasteiger partial charge in [-0.3, -0.25) is 9.59 Å². The molecule has 2 N–H and O–H groups in total. The summed E-state index contributed by atoms with van der Waals surface area (Å²) in [4.78, 5) is 25.2. The molecule has 2 aromatic carbocycles. The van der Waals surface area contributed by atoms with E-state index in [2.05, 4.69) is 15.7 Å². The first-order valence-electron chi connectivity index (χ1n) is 9.05. The molecule has 1 aromatic heterocycles. The Morgan fingerprint density at radius 2 is 1.90 bits per heavy atom. The van der Waals surface area contributed by atoms with E-state index in [4.69, 9.17) is 9.47 Å². The van der Waals surface area contributed by atoms with Crippen molar-refractivity contribution in [2.75, 3.05) is 24.9 Å². The highest BCUT2D eigenvalue weighted by atomic mass is 16.5. The minimum atomic E-state index is -0.753. The van der Waals surface area contributed by atoms with Crippen LogP contribution in [0.1, 0.15) is 12.5 Å². The zero-order valence-electron chi connectivity index (χ0n) is 16.0. The van der Waals surface area contributed by atoms with Crippen LogP contribution in [-0.2, 0) is 9.59 Å². The van der Waals surface area contributed by atoms with Crippen molar-refractivity contribution >= 4 is 23.3 Å². The van der Waals surface area contributed by atoms with Gasteiger partial charge >= 0.3 is 0 Å². The minimum Gasteiger partial charge on any atom is -0.497 e. The van der Waals surface area contributed by atoms with E-state index in [0.29, 0.717) is 17.3 Å². The smallest absolute Gasteiger partial charge is 0.249 e. The van der Waals surface area contributed by atoms with Gasteiger partial charge in [-0.05, 0) is 29.8 Å². The summed E-state index contributed by atoms with van der Waals surface area (Å²) in [6.45, 7) is 0. The highest BCUT2D eigenvalue weighted by molar-refractivity contribution is 6.03. The first kappa shape index (κ1) is 18.5. The summed E-state index contributed by atoms with van der Waals surface area (Å²) in [5.74, 6) is 1.30. The van der Waals surface area contributed by atoms with Crippen LogP contribution in [-0.4, -0.2) is 35.8 Å². The lowest BCUT2D eigenvalue weighted by Gasteiger charge is -2.24. The molecular formula is C21H20N4O4. The highest BCUT2D eigenvalue weighted by Crippen LogP contribution is 2.35. The van der Waals surface area contributed by atoms with Crippen LogP contribution >= 0.6 is 0 Å². The Morgan fingerprint density at radius 3 is 2.62 bits per heavy atom. The fourth-order valence-corrected chi connectivity index (χ4v) is 3.28. The number of hydrogen-bond acceptors (Lipinski definition) is 5. The predicted molar refractivity (Wildman–Crippen MR) is 108 cm³/mol. The third-order valence-electron chi connectivity index (χ3n) is 4.77.